The Balaban J connectivity index is 1.74. The number of aliphatic hydroxyl groups is 1. The van der Waals surface area contributed by atoms with Crippen LogP contribution >= 0.6 is 11.6 Å². The van der Waals surface area contributed by atoms with E-state index < -0.39 is 6.04 Å². The molecule has 0 spiro atoms. The largest absolute Gasteiger partial charge is 0.494 e. The summed E-state index contributed by atoms with van der Waals surface area (Å²) in [4.78, 5) is 4.59. The summed E-state index contributed by atoms with van der Waals surface area (Å²) in [5.74, 6) is -0.337. The molecule has 4 rings (SSSR count). The molecule has 2 N–H and O–H groups in total. The van der Waals surface area contributed by atoms with Gasteiger partial charge >= 0.3 is 0 Å². The van der Waals surface area contributed by atoms with Gasteiger partial charge in [-0.3, -0.25) is 4.68 Å². The van der Waals surface area contributed by atoms with Crippen LogP contribution in [0.5, 0.6) is 5.88 Å². The van der Waals surface area contributed by atoms with Crippen molar-refractivity contribution in [2.24, 2.45) is 7.05 Å². The molecule has 0 aliphatic heterocycles. The van der Waals surface area contributed by atoms with E-state index in [1.54, 1.807) is 53.0 Å². The molecule has 0 unspecified atom stereocenters. The average molecular weight is 401 g/mol. The fraction of sp³-hybridized carbons (Fsp3) is 0.200. The summed E-state index contributed by atoms with van der Waals surface area (Å²) in [6, 6.07) is 9.25. The SMILES string of the molecule is Cn1ncc(Cl)c1-c1ccc2c(O)n([C@H](CO)Cc3cccc(F)c3)cc2n1. The van der Waals surface area contributed by atoms with Gasteiger partial charge in [-0.15, -0.1) is 0 Å². The number of benzene rings is 1. The molecule has 0 bridgehead atoms. The zero-order valence-corrected chi connectivity index (χ0v) is 15.8. The highest BCUT2D eigenvalue weighted by atomic mass is 35.5. The molecule has 1 atom stereocenters. The summed E-state index contributed by atoms with van der Waals surface area (Å²) in [6.45, 7) is -0.217. The number of halogens is 2. The van der Waals surface area contributed by atoms with Gasteiger partial charge in [0.05, 0.1) is 40.5 Å². The van der Waals surface area contributed by atoms with Crippen LogP contribution < -0.4 is 0 Å². The zero-order valence-electron chi connectivity index (χ0n) is 15.0. The lowest BCUT2D eigenvalue weighted by Gasteiger charge is -2.17. The minimum Gasteiger partial charge on any atom is -0.494 e. The number of aromatic nitrogens is 4. The summed E-state index contributed by atoms with van der Waals surface area (Å²) in [6.07, 6.45) is 3.59. The topological polar surface area (TPSA) is 76.1 Å². The van der Waals surface area contributed by atoms with Crippen LogP contribution in [0.1, 0.15) is 11.6 Å². The van der Waals surface area contributed by atoms with E-state index >= 15 is 0 Å². The maximum Gasteiger partial charge on any atom is 0.201 e. The van der Waals surface area contributed by atoms with Crippen LogP contribution in [0.4, 0.5) is 4.39 Å². The molecule has 4 aromatic rings. The Morgan fingerprint density at radius 2 is 2.07 bits per heavy atom. The van der Waals surface area contributed by atoms with Crippen LogP contribution in [-0.2, 0) is 13.5 Å². The maximum absolute atomic E-state index is 13.5. The van der Waals surface area contributed by atoms with Crippen molar-refractivity contribution in [3.05, 3.63) is 65.2 Å². The molecule has 28 heavy (non-hydrogen) atoms. The van der Waals surface area contributed by atoms with Crippen molar-refractivity contribution in [3.63, 3.8) is 0 Å². The Bertz CT molecular complexity index is 1140. The third-order valence-corrected chi connectivity index (χ3v) is 5.05. The highest BCUT2D eigenvalue weighted by Gasteiger charge is 2.19. The van der Waals surface area contributed by atoms with Crippen molar-refractivity contribution in [2.75, 3.05) is 6.61 Å². The number of pyridine rings is 1. The van der Waals surface area contributed by atoms with Crippen LogP contribution in [0.25, 0.3) is 22.3 Å². The maximum atomic E-state index is 13.5. The molecule has 0 fully saturated rings. The molecule has 8 heteroatoms. The summed E-state index contributed by atoms with van der Waals surface area (Å²) in [5, 5.41) is 25.7. The van der Waals surface area contributed by atoms with Crippen LogP contribution in [0.2, 0.25) is 5.02 Å². The van der Waals surface area contributed by atoms with E-state index in [0.717, 1.165) is 5.56 Å². The minimum absolute atomic E-state index is 0.000561. The quantitative estimate of drug-likeness (QED) is 0.535. The van der Waals surface area contributed by atoms with Gasteiger partial charge < -0.3 is 14.8 Å². The lowest BCUT2D eigenvalue weighted by atomic mass is 10.1. The number of rotatable bonds is 5. The second-order valence-corrected chi connectivity index (χ2v) is 7.03. The van der Waals surface area contributed by atoms with Crippen molar-refractivity contribution in [1.29, 1.82) is 0 Å². The first-order valence-electron chi connectivity index (χ1n) is 8.71. The van der Waals surface area contributed by atoms with Gasteiger partial charge in [-0.1, -0.05) is 23.7 Å². The molecule has 0 amide bonds. The normalized spacial score (nSPS) is 12.6. The molecule has 0 saturated heterocycles. The molecular formula is C20H18ClFN4O2. The van der Waals surface area contributed by atoms with Crippen LogP contribution in [-0.4, -0.2) is 36.2 Å². The second kappa shape index (κ2) is 7.26. The monoisotopic (exact) mass is 400 g/mol. The predicted octanol–water partition coefficient (Wildman–Crippen LogP) is 3.71. The number of aryl methyl sites for hydroxylation is 1. The van der Waals surface area contributed by atoms with Gasteiger partial charge in [0.2, 0.25) is 5.88 Å². The standard InChI is InChI=1S/C20H18ClFN4O2/c1-25-19(16(21)9-23-25)17-6-5-15-18(24-17)10-26(20(15)28)14(11-27)8-12-3-2-4-13(22)7-12/h2-7,9-10,14,27-28H,8,11H2,1H3/t14-/m0/s1. The highest BCUT2D eigenvalue weighted by Crippen LogP contribution is 2.33. The van der Waals surface area contributed by atoms with Crippen LogP contribution in [0.3, 0.4) is 0 Å². The number of hydrogen-bond donors (Lipinski definition) is 2. The van der Waals surface area contributed by atoms with Crippen molar-refractivity contribution in [2.45, 2.75) is 12.5 Å². The van der Waals surface area contributed by atoms with Gasteiger partial charge in [0.25, 0.3) is 0 Å². The number of fused-ring (bicyclic) bond motifs is 1. The molecule has 0 radical (unpaired) electrons. The van der Waals surface area contributed by atoms with Crippen LogP contribution in [0.15, 0.2) is 48.8 Å². The van der Waals surface area contributed by atoms with Gasteiger partial charge in [0, 0.05) is 13.2 Å². The minimum atomic E-state index is -0.459. The Morgan fingerprint density at radius 1 is 1.25 bits per heavy atom. The summed E-state index contributed by atoms with van der Waals surface area (Å²) in [5.41, 5.74) is 2.59. The molecule has 144 valence electrons. The number of aliphatic hydroxyl groups excluding tert-OH is 1. The van der Waals surface area contributed by atoms with Crippen molar-refractivity contribution < 1.29 is 14.6 Å². The Kier molecular flexibility index (Phi) is 4.78. The first-order valence-corrected chi connectivity index (χ1v) is 9.09. The van der Waals surface area contributed by atoms with Crippen molar-refractivity contribution >= 4 is 22.5 Å². The highest BCUT2D eigenvalue weighted by molar-refractivity contribution is 6.32. The van der Waals surface area contributed by atoms with Crippen LogP contribution in [0, 0.1) is 5.82 Å². The summed E-state index contributed by atoms with van der Waals surface area (Å²) < 4.78 is 16.7. The summed E-state index contributed by atoms with van der Waals surface area (Å²) >= 11 is 6.20. The third kappa shape index (κ3) is 3.23. The smallest absolute Gasteiger partial charge is 0.201 e. The Hall–Kier alpha value is -2.90. The Labute approximate surface area is 165 Å². The molecule has 1 aromatic carbocycles. The van der Waals surface area contributed by atoms with E-state index in [9.17, 15) is 14.6 Å². The number of nitrogens with zero attached hydrogens (tertiary/aromatic N) is 4. The average Bonchev–Trinajstić information content (AvgIpc) is 3.18. The molecular weight excluding hydrogens is 383 g/mol. The first-order chi connectivity index (χ1) is 13.5. The van der Waals surface area contributed by atoms with E-state index in [1.807, 2.05) is 0 Å². The van der Waals surface area contributed by atoms with E-state index in [2.05, 4.69) is 10.1 Å². The Morgan fingerprint density at radius 3 is 2.75 bits per heavy atom. The number of aromatic hydroxyl groups is 1. The summed E-state index contributed by atoms with van der Waals surface area (Å²) in [7, 11) is 1.77. The van der Waals surface area contributed by atoms with Gasteiger partial charge in [-0.2, -0.15) is 5.10 Å². The lowest BCUT2D eigenvalue weighted by molar-refractivity contribution is 0.218. The van der Waals surface area contributed by atoms with Gasteiger partial charge in [0.15, 0.2) is 0 Å². The molecule has 3 heterocycles. The molecule has 0 aliphatic carbocycles. The van der Waals surface area contributed by atoms with Gasteiger partial charge in [-0.25, -0.2) is 9.37 Å². The predicted molar refractivity (Wildman–Crippen MR) is 105 cm³/mol. The zero-order chi connectivity index (χ0) is 19.8. The van der Waals surface area contributed by atoms with Crippen molar-refractivity contribution in [1.82, 2.24) is 19.3 Å². The molecule has 3 aromatic heterocycles. The van der Waals surface area contributed by atoms with E-state index in [0.29, 0.717) is 33.7 Å². The van der Waals surface area contributed by atoms with Crippen molar-refractivity contribution in [3.8, 4) is 17.3 Å². The van der Waals surface area contributed by atoms with E-state index in [-0.39, 0.29) is 18.3 Å². The second-order valence-electron chi connectivity index (χ2n) is 6.62. The van der Waals surface area contributed by atoms with E-state index in [1.165, 1.54) is 12.1 Å². The first kappa shape index (κ1) is 18.5. The van der Waals surface area contributed by atoms with Gasteiger partial charge in [-0.05, 0) is 36.2 Å². The van der Waals surface area contributed by atoms with Gasteiger partial charge in [0.1, 0.15) is 11.5 Å². The fourth-order valence-corrected chi connectivity index (χ4v) is 3.65. The number of hydrogen-bond acceptors (Lipinski definition) is 4. The van der Waals surface area contributed by atoms with E-state index in [4.69, 9.17) is 11.6 Å². The molecule has 6 nitrogen and oxygen atoms in total. The molecule has 0 aliphatic rings. The lowest BCUT2D eigenvalue weighted by Crippen LogP contribution is -2.15. The molecule has 0 saturated carbocycles. The fourth-order valence-electron chi connectivity index (χ4n) is 3.39. The third-order valence-electron chi connectivity index (χ3n) is 4.77.